The highest BCUT2D eigenvalue weighted by atomic mass is 35.5. The summed E-state index contributed by atoms with van der Waals surface area (Å²) in [4.78, 5) is 12.4. The van der Waals surface area contributed by atoms with Gasteiger partial charge in [0.2, 0.25) is 5.91 Å². The molecular weight excluding hydrogens is 324 g/mol. The average molecular weight is 347 g/mol. The third-order valence-electron chi connectivity index (χ3n) is 4.40. The summed E-state index contributed by atoms with van der Waals surface area (Å²) in [5, 5.41) is 3.09. The Kier molecular flexibility index (Phi) is 6.23. The second-order valence-corrected chi connectivity index (χ2v) is 5.92. The highest BCUT2D eigenvalue weighted by Crippen LogP contribution is 2.36. The molecule has 128 valence electrons. The number of amides is 1. The summed E-state index contributed by atoms with van der Waals surface area (Å²) in [6.45, 7) is 0. The van der Waals surface area contributed by atoms with Crippen molar-refractivity contribution < 1.29 is 9.53 Å². The smallest absolute Gasteiger partial charge is 0.237 e. The van der Waals surface area contributed by atoms with Crippen LogP contribution >= 0.6 is 12.4 Å². The monoisotopic (exact) mass is 346 g/mol. The lowest BCUT2D eigenvalue weighted by Gasteiger charge is -2.18. The number of nitrogens with two attached hydrogens (primary N) is 1. The summed E-state index contributed by atoms with van der Waals surface area (Å²) in [5.74, 6) is 0.794. The fraction of sp³-hybridized carbons (Fsp3) is 0.316. The quantitative estimate of drug-likeness (QED) is 0.875. The first-order chi connectivity index (χ1) is 11.2. The predicted octanol–water partition coefficient (Wildman–Crippen LogP) is 2.79. The maximum atomic E-state index is 12.4. The number of rotatable bonds is 5. The molecule has 0 fully saturated rings. The first kappa shape index (κ1) is 18.3. The van der Waals surface area contributed by atoms with Crippen molar-refractivity contribution in [1.82, 2.24) is 5.32 Å². The van der Waals surface area contributed by atoms with Crippen LogP contribution in [0.15, 0.2) is 48.5 Å². The van der Waals surface area contributed by atoms with Crippen LogP contribution in [-0.4, -0.2) is 19.1 Å². The van der Waals surface area contributed by atoms with E-state index >= 15 is 0 Å². The maximum Gasteiger partial charge on any atom is 0.237 e. The van der Waals surface area contributed by atoms with Gasteiger partial charge in [0.1, 0.15) is 5.75 Å². The Morgan fingerprint density at radius 1 is 1.25 bits per heavy atom. The van der Waals surface area contributed by atoms with Crippen LogP contribution in [0.4, 0.5) is 0 Å². The summed E-state index contributed by atoms with van der Waals surface area (Å²) in [6.07, 6.45) is 2.35. The Bertz CT molecular complexity index is 691. The molecule has 0 aliphatic heterocycles. The molecule has 0 spiro atoms. The van der Waals surface area contributed by atoms with E-state index < -0.39 is 6.04 Å². The molecule has 4 nitrogen and oxygen atoms in total. The number of halogens is 1. The van der Waals surface area contributed by atoms with Gasteiger partial charge in [-0.05, 0) is 42.0 Å². The van der Waals surface area contributed by atoms with Crippen molar-refractivity contribution >= 4 is 18.3 Å². The summed E-state index contributed by atoms with van der Waals surface area (Å²) >= 11 is 0. The Morgan fingerprint density at radius 2 is 2.00 bits per heavy atom. The SMILES string of the molecule is COc1cccc2c1CCC2NC(=O)[C@@H](N)Cc1ccccc1.Cl. The van der Waals surface area contributed by atoms with E-state index in [4.69, 9.17) is 10.5 Å². The van der Waals surface area contributed by atoms with Gasteiger partial charge in [-0.25, -0.2) is 0 Å². The molecule has 1 unspecified atom stereocenters. The third kappa shape index (κ3) is 3.89. The van der Waals surface area contributed by atoms with Crippen LogP contribution in [0.1, 0.15) is 29.2 Å². The summed E-state index contributed by atoms with van der Waals surface area (Å²) in [5.41, 5.74) is 9.47. The van der Waals surface area contributed by atoms with Gasteiger partial charge in [-0.1, -0.05) is 42.5 Å². The first-order valence-corrected chi connectivity index (χ1v) is 7.94. The molecule has 0 saturated carbocycles. The van der Waals surface area contributed by atoms with E-state index in [2.05, 4.69) is 11.4 Å². The van der Waals surface area contributed by atoms with E-state index in [9.17, 15) is 4.79 Å². The number of benzene rings is 2. The molecule has 0 bridgehead atoms. The normalized spacial score (nSPS) is 16.7. The van der Waals surface area contributed by atoms with Crippen LogP contribution in [0.3, 0.4) is 0 Å². The zero-order valence-electron chi connectivity index (χ0n) is 13.7. The number of nitrogens with one attached hydrogen (secondary N) is 1. The minimum atomic E-state index is -0.535. The van der Waals surface area contributed by atoms with E-state index in [1.54, 1.807) is 7.11 Å². The minimum absolute atomic E-state index is 0. The molecule has 0 heterocycles. The van der Waals surface area contributed by atoms with Crippen LogP contribution < -0.4 is 15.8 Å². The molecule has 1 aliphatic carbocycles. The lowest BCUT2D eigenvalue weighted by molar-refractivity contribution is -0.123. The van der Waals surface area contributed by atoms with E-state index in [1.807, 2.05) is 42.5 Å². The van der Waals surface area contributed by atoms with Gasteiger partial charge in [-0.2, -0.15) is 0 Å². The zero-order valence-corrected chi connectivity index (χ0v) is 14.5. The molecule has 24 heavy (non-hydrogen) atoms. The fourth-order valence-corrected chi connectivity index (χ4v) is 3.20. The molecule has 1 amide bonds. The molecule has 2 aromatic rings. The lowest BCUT2D eigenvalue weighted by Crippen LogP contribution is -2.43. The van der Waals surface area contributed by atoms with Crippen LogP contribution in [0.5, 0.6) is 5.75 Å². The Morgan fingerprint density at radius 3 is 2.71 bits per heavy atom. The highest BCUT2D eigenvalue weighted by Gasteiger charge is 2.27. The molecule has 5 heteroatoms. The highest BCUT2D eigenvalue weighted by molar-refractivity contribution is 5.85. The number of hydrogen-bond acceptors (Lipinski definition) is 3. The first-order valence-electron chi connectivity index (χ1n) is 7.94. The van der Waals surface area contributed by atoms with Gasteiger partial charge >= 0.3 is 0 Å². The Labute approximate surface area is 148 Å². The van der Waals surface area contributed by atoms with Crippen LogP contribution in [0.2, 0.25) is 0 Å². The van der Waals surface area contributed by atoms with Gasteiger partial charge in [-0.3, -0.25) is 4.79 Å². The second-order valence-electron chi connectivity index (χ2n) is 5.92. The predicted molar refractivity (Wildman–Crippen MR) is 97.6 cm³/mol. The standard InChI is InChI=1S/C19H22N2O2.ClH/c1-23-18-9-5-8-14-15(18)10-11-17(14)21-19(22)16(20)12-13-6-3-2-4-7-13;/h2-9,16-17H,10-12,20H2,1H3,(H,21,22);1H/t16-,17?;/m0./s1. The number of carbonyl (C=O) groups excluding carboxylic acids is 1. The lowest BCUT2D eigenvalue weighted by atomic mass is 10.0. The molecule has 1 aliphatic rings. The number of ether oxygens (including phenoxy) is 1. The van der Waals surface area contributed by atoms with Gasteiger partial charge < -0.3 is 15.8 Å². The zero-order chi connectivity index (χ0) is 16.2. The minimum Gasteiger partial charge on any atom is -0.496 e. The topological polar surface area (TPSA) is 64.3 Å². The summed E-state index contributed by atoms with van der Waals surface area (Å²) < 4.78 is 5.40. The van der Waals surface area contributed by atoms with Crippen molar-refractivity contribution in [3.63, 3.8) is 0 Å². The molecule has 2 atom stereocenters. The Hall–Kier alpha value is -2.04. The van der Waals surface area contributed by atoms with Gasteiger partial charge in [0.15, 0.2) is 0 Å². The van der Waals surface area contributed by atoms with Crippen molar-refractivity contribution in [2.75, 3.05) is 7.11 Å². The van der Waals surface area contributed by atoms with E-state index in [1.165, 1.54) is 5.56 Å². The average Bonchev–Trinajstić information content (AvgIpc) is 2.98. The van der Waals surface area contributed by atoms with Gasteiger partial charge in [0.25, 0.3) is 0 Å². The van der Waals surface area contributed by atoms with Crippen LogP contribution in [0, 0.1) is 0 Å². The Balaban J connectivity index is 0.00000208. The molecule has 0 radical (unpaired) electrons. The number of hydrogen-bond donors (Lipinski definition) is 2. The van der Waals surface area contributed by atoms with Crippen molar-refractivity contribution in [3.05, 3.63) is 65.2 Å². The number of carbonyl (C=O) groups is 1. The molecule has 3 N–H and O–H groups in total. The summed E-state index contributed by atoms with van der Waals surface area (Å²) in [6, 6.07) is 15.3. The third-order valence-corrected chi connectivity index (χ3v) is 4.40. The molecule has 0 aromatic heterocycles. The van der Waals surface area contributed by atoms with Crippen LogP contribution in [-0.2, 0) is 17.6 Å². The fourth-order valence-electron chi connectivity index (χ4n) is 3.20. The molecule has 2 aromatic carbocycles. The molecular formula is C19H23ClN2O2. The van der Waals surface area contributed by atoms with Crippen LogP contribution in [0.25, 0.3) is 0 Å². The van der Waals surface area contributed by atoms with E-state index in [-0.39, 0.29) is 24.4 Å². The van der Waals surface area contributed by atoms with Crippen molar-refractivity contribution in [1.29, 1.82) is 0 Å². The number of fused-ring (bicyclic) bond motifs is 1. The molecule has 3 rings (SSSR count). The van der Waals surface area contributed by atoms with Crippen molar-refractivity contribution in [3.8, 4) is 5.75 Å². The van der Waals surface area contributed by atoms with Crippen molar-refractivity contribution in [2.24, 2.45) is 5.73 Å². The van der Waals surface area contributed by atoms with E-state index in [0.29, 0.717) is 6.42 Å². The van der Waals surface area contributed by atoms with Gasteiger partial charge in [0, 0.05) is 0 Å². The summed E-state index contributed by atoms with van der Waals surface area (Å²) in [7, 11) is 1.68. The second kappa shape index (κ2) is 8.18. The van der Waals surface area contributed by atoms with E-state index in [0.717, 1.165) is 29.7 Å². The van der Waals surface area contributed by atoms with Crippen molar-refractivity contribution in [2.45, 2.75) is 31.3 Å². The van der Waals surface area contributed by atoms with Gasteiger partial charge in [0.05, 0.1) is 19.2 Å². The van der Waals surface area contributed by atoms with Gasteiger partial charge in [-0.15, -0.1) is 12.4 Å². The largest absolute Gasteiger partial charge is 0.496 e. The number of methoxy groups -OCH3 is 1. The molecule has 0 saturated heterocycles. The maximum absolute atomic E-state index is 12.4.